The summed E-state index contributed by atoms with van der Waals surface area (Å²) >= 11 is 0. The average molecular weight is 205 g/mol. The van der Waals surface area contributed by atoms with E-state index >= 15 is 0 Å². The Morgan fingerprint density at radius 2 is 1.93 bits per heavy atom. The van der Waals surface area contributed by atoms with E-state index in [0.29, 0.717) is 18.8 Å². The van der Waals surface area contributed by atoms with Gasteiger partial charge < -0.3 is 0 Å². The zero-order valence-electron chi connectivity index (χ0n) is 8.90. The molecule has 2 fully saturated rings. The van der Waals surface area contributed by atoms with Crippen LogP contribution in [0.4, 0.5) is 0 Å². The van der Waals surface area contributed by atoms with E-state index < -0.39 is 0 Å². The highest BCUT2D eigenvalue weighted by atomic mass is 16.2. The van der Waals surface area contributed by atoms with Crippen molar-refractivity contribution in [3.05, 3.63) is 12.2 Å². The number of nitrogens with zero attached hydrogens (tertiary/aromatic N) is 1. The summed E-state index contributed by atoms with van der Waals surface area (Å²) in [5, 5.41) is 0. The first-order valence-electron chi connectivity index (χ1n) is 5.63. The first kappa shape index (κ1) is 9.13. The van der Waals surface area contributed by atoms with E-state index in [-0.39, 0.29) is 23.3 Å². The third kappa shape index (κ3) is 1.18. The Morgan fingerprint density at radius 1 is 1.27 bits per heavy atom. The average Bonchev–Trinajstić information content (AvgIpc) is 2.78. The Bertz CT molecular complexity index is 358. The van der Waals surface area contributed by atoms with Crippen LogP contribution in [0.5, 0.6) is 0 Å². The van der Waals surface area contributed by atoms with Gasteiger partial charge in [-0.15, -0.1) is 0 Å². The van der Waals surface area contributed by atoms with Gasteiger partial charge in [0.25, 0.3) is 0 Å². The molecule has 3 nitrogen and oxygen atoms in total. The predicted molar refractivity (Wildman–Crippen MR) is 54.8 cm³/mol. The number of likely N-dealkylation sites (tertiary alicyclic amines) is 1. The molecule has 3 atom stereocenters. The van der Waals surface area contributed by atoms with Crippen LogP contribution < -0.4 is 0 Å². The molecule has 1 heterocycles. The highest BCUT2D eigenvalue weighted by Crippen LogP contribution is 2.51. The summed E-state index contributed by atoms with van der Waals surface area (Å²) in [6.45, 7) is 2.22. The second-order valence-corrected chi connectivity index (χ2v) is 5.31. The highest BCUT2D eigenvalue weighted by Gasteiger charge is 2.49. The first-order chi connectivity index (χ1) is 7.09. The number of hydrogen-bond donors (Lipinski definition) is 0. The number of rotatable bonds is 1. The molecule has 0 aromatic rings. The number of carbonyl (C=O) groups excluding carboxylic acids is 2. The molecule has 3 heteroatoms. The fourth-order valence-electron chi connectivity index (χ4n) is 3.32. The molecule has 2 bridgehead atoms. The van der Waals surface area contributed by atoms with Gasteiger partial charge in [-0.05, 0) is 24.2 Å². The maximum Gasteiger partial charge on any atom is 0.229 e. The van der Waals surface area contributed by atoms with Gasteiger partial charge in [0, 0.05) is 18.9 Å². The molecule has 0 aromatic heterocycles. The normalized spacial score (nSPS) is 43.4. The molecule has 3 rings (SSSR count). The van der Waals surface area contributed by atoms with Crippen molar-refractivity contribution >= 4 is 11.8 Å². The minimum atomic E-state index is 0.0366. The molecule has 80 valence electrons. The van der Waals surface area contributed by atoms with E-state index in [4.69, 9.17) is 0 Å². The summed E-state index contributed by atoms with van der Waals surface area (Å²) in [6.07, 6.45) is 7.34. The van der Waals surface area contributed by atoms with E-state index in [0.717, 1.165) is 12.8 Å². The van der Waals surface area contributed by atoms with Crippen molar-refractivity contribution < 1.29 is 9.59 Å². The van der Waals surface area contributed by atoms with Gasteiger partial charge in [0.2, 0.25) is 11.8 Å². The zero-order chi connectivity index (χ0) is 10.6. The summed E-state index contributed by atoms with van der Waals surface area (Å²) in [6, 6.07) is 0.155. The third-order valence-corrected chi connectivity index (χ3v) is 4.04. The van der Waals surface area contributed by atoms with Crippen LogP contribution in [0.15, 0.2) is 12.2 Å². The second-order valence-electron chi connectivity index (χ2n) is 5.31. The molecular formula is C12H15NO2. The van der Waals surface area contributed by atoms with Gasteiger partial charge in [-0.25, -0.2) is 0 Å². The van der Waals surface area contributed by atoms with Crippen LogP contribution in [0, 0.1) is 11.3 Å². The van der Waals surface area contributed by atoms with Gasteiger partial charge in [0.05, 0.1) is 0 Å². The number of imide groups is 1. The van der Waals surface area contributed by atoms with Crippen molar-refractivity contribution in [2.24, 2.45) is 11.3 Å². The number of allylic oxidation sites excluding steroid dienone is 1. The maximum absolute atomic E-state index is 11.6. The van der Waals surface area contributed by atoms with Crippen LogP contribution in [-0.4, -0.2) is 22.8 Å². The Labute approximate surface area is 89.1 Å². The maximum atomic E-state index is 11.6. The van der Waals surface area contributed by atoms with Gasteiger partial charge in [-0.3, -0.25) is 14.5 Å². The molecule has 15 heavy (non-hydrogen) atoms. The Balaban J connectivity index is 1.88. The monoisotopic (exact) mass is 205 g/mol. The van der Waals surface area contributed by atoms with Crippen LogP contribution >= 0.6 is 0 Å². The van der Waals surface area contributed by atoms with E-state index in [2.05, 4.69) is 19.1 Å². The number of hydrogen-bond acceptors (Lipinski definition) is 2. The SMILES string of the molecule is CC12C=CC(C1)C(N1C(=O)CCC1=O)C2. The summed E-state index contributed by atoms with van der Waals surface area (Å²) in [5.74, 6) is 0.491. The van der Waals surface area contributed by atoms with E-state index in [9.17, 15) is 9.59 Å². The third-order valence-electron chi connectivity index (χ3n) is 4.04. The molecule has 0 N–H and O–H groups in total. The molecule has 0 spiro atoms. The molecule has 3 unspecified atom stereocenters. The van der Waals surface area contributed by atoms with Crippen molar-refractivity contribution in [2.75, 3.05) is 0 Å². The minimum absolute atomic E-state index is 0.0366. The molecular weight excluding hydrogens is 190 g/mol. The molecule has 2 aliphatic carbocycles. The Kier molecular flexibility index (Phi) is 1.65. The lowest BCUT2D eigenvalue weighted by atomic mass is 9.89. The van der Waals surface area contributed by atoms with Crippen molar-refractivity contribution in [3.63, 3.8) is 0 Å². The minimum Gasteiger partial charge on any atom is -0.279 e. The van der Waals surface area contributed by atoms with Gasteiger partial charge >= 0.3 is 0 Å². The molecule has 3 aliphatic rings. The highest BCUT2D eigenvalue weighted by molar-refractivity contribution is 6.02. The Morgan fingerprint density at radius 3 is 2.40 bits per heavy atom. The van der Waals surface area contributed by atoms with Gasteiger partial charge in [0.1, 0.15) is 0 Å². The molecule has 2 amide bonds. The van der Waals surface area contributed by atoms with Crippen LogP contribution in [0.25, 0.3) is 0 Å². The standard InChI is InChI=1S/C12H15NO2/c1-12-5-4-8(6-12)9(7-12)13-10(14)2-3-11(13)15/h4-5,8-9H,2-3,6-7H2,1H3. The molecule has 1 saturated carbocycles. The van der Waals surface area contributed by atoms with Crippen molar-refractivity contribution in [1.82, 2.24) is 4.90 Å². The number of amides is 2. The van der Waals surface area contributed by atoms with Crippen LogP contribution in [0.3, 0.4) is 0 Å². The lowest BCUT2D eigenvalue weighted by molar-refractivity contribution is -0.141. The van der Waals surface area contributed by atoms with Gasteiger partial charge in [-0.2, -0.15) is 0 Å². The Hall–Kier alpha value is -1.12. The number of carbonyl (C=O) groups is 2. The number of fused-ring (bicyclic) bond motifs is 2. The quantitative estimate of drug-likeness (QED) is 0.480. The van der Waals surface area contributed by atoms with Crippen LogP contribution in [-0.2, 0) is 9.59 Å². The topological polar surface area (TPSA) is 37.4 Å². The van der Waals surface area contributed by atoms with Crippen molar-refractivity contribution in [2.45, 2.75) is 38.6 Å². The van der Waals surface area contributed by atoms with E-state index in [1.807, 2.05) is 0 Å². The van der Waals surface area contributed by atoms with Crippen molar-refractivity contribution in [3.8, 4) is 0 Å². The largest absolute Gasteiger partial charge is 0.279 e. The summed E-state index contributed by atoms with van der Waals surface area (Å²) < 4.78 is 0. The van der Waals surface area contributed by atoms with Crippen LogP contribution in [0.1, 0.15) is 32.6 Å². The summed E-state index contributed by atoms with van der Waals surface area (Å²) in [7, 11) is 0. The molecule has 1 saturated heterocycles. The summed E-state index contributed by atoms with van der Waals surface area (Å²) in [5.41, 5.74) is 0.235. The zero-order valence-corrected chi connectivity index (χ0v) is 8.90. The lowest BCUT2D eigenvalue weighted by Crippen LogP contribution is -2.42. The van der Waals surface area contributed by atoms with Crippen LogP contribution in [0.2, 0.25) is 0 Å². The molecule has 0 radical (unpaired) electrons. The smallest absolute Gasteiger partial charge is 0.229 e. The summed E-state index contributed by atoms with van der Waals surface area (Å²) in [4.78, 5) is 24.8. The predicted octanol–water partition coefficient (Wildman–Crippen LogP) is 1.49. The van der Waals surface area contributed by atoms with E-state index in [1.165, 1.54) is 0 Å². The molecule has 0 aromatic carbocycles. The fourth-order valence-corrected chi connectivity index (χ4v) is 3.32. The lowest BCUT2D eigenvalue weighted by Gasteiger charge is -2.29. The van der Waals surface area contributed by atoms with Gasteiger partial charge in [0.15, 0.2) is 0 Å². The van der Waals surface area contributed by atoms with E-state index in [1.54, 1.807) is 4.90 Å². The van der Waals surface area contributed by atoms with Crippen molar-refractivity contribution in [1.29, 1.82) is 0 Å². The van der Waals surface area contributed by atoms with Gasteiger partial charge in [-0.1, -0.05) is 19.1 Å². The second kappa shape index (κ2) is 2.71. The first-order valence-corrected chi connectivity index (χ1v) is 5.63. The molecule has 1 aliphatic heterocycles. The fraction of sp³-hybridized carbons (Fsp3) is 0.667.